The summed E-state index contributed by atoms with van der Waals surface area (Å²) in [6.07, 6.45) is 5.72. The van der Waals surface area contributed by atoms with Gasteiger partial charge in [-0.2, -0.15) is 0 Å². The summed E-state index contributed by atoms with van der Waals surface area (Å²) in [5, 5.41) is 14.0. The van der Waals surface area contributed by atoms with Crippen molar-refractivity contribution in [2.24, 2.45) is 0 Å². The van der Waals surface area contributed by atoms with Gasteiger partial charge in [-0.25, -0.2) is 0 Å². The molecule has 120 valence electrons. The third-order valence-electron chi connectivity index (χ3n) is 3.86. The number of carbonyl (C=O) groups excluding carboxylic acids is 1. The second kappa shape index (κ2) is 6.47. The fourth-order valence-electron chi connectivity index (χ4n) is 2.80. The lowest BCUT2D eigenvalue weighted by Crippen LogP contribution is -2.43. The Bertz CT molecular complexity index is 701. The van der Waals surface area contributed by atoms with Gasteiger partial charge >= 0.3 is 5.69 Å². The molecule has 8 heteroatoms. The SMILES string of the molecule is O=C(NCc1ccco1)[C@H]1CCCN1c1ccncc1[N+](=O)[O-]. The van der Waals surface area contributed by atoms with Crippen LogP contribution >= 0.6 is 0 Å². The average molecular weight is 316 g/mol. The quantitative estimate of drug-likeness (QED) is 0.667. The lowest BCUT2D eigenvalue weighted by molar-refractivity contribution is -0.384. The number of aromatic nitrogens is 1. The zero-order valence-electron chi connectivity index (χ0n) is 12.3. The summed E-state index contributed by atoms with van der Waals surface area (Å²) in [5.74, 6) is 0.503. The van der Waals surface area contributed by atoms with Crippen molar-refractivity contribution in [3.8, 4) is 0 Å². The Morgan fingerprint density at radius 1 is 1.52 bits per heavy atom. The number of hydrogen-bond acceptors (Lipinski definition) is 6. The molecule has 3 rings (SSSR count). The van der Waals surface area contributed by atoms with E-state index in [0.717, 1.165) is 6.42 Å². The second-order valence-corrected chi connectivity index (χ2v) is 5.27. The van der Waals surface area contributed by atoms with Crippen molar-refractivity contribution in [2.75, 3.05) is 11.4 Å². The Labute approximate surface area is 132 Å². The minimum absolute atomic E-state index is 0.0850. The summed E-state index contributed by atoms with van der Waals surface area (Å²) in [7, 11) is 0. The smallest absolute Gasteiger partial charge is 0.310 e. The monoisotopic (exact) mass is 316 g/mol. The van der Waals surface area contributed by atoms with Crippen LogP contribution in [0.15, 0.2) is 41.3 Å². The van der Waals surface area contributed by atoms with Crippen molar-refractivity contribution in [1.82, 2.24) is 10.3 Å². The van der Waals surface area contributed by atoms with Crippen LogP contribution < -0.4 is 10.2 Å². The normalized spacial score (nSPS) is 17.2. The van der Waals surface area contributed by atoms with Gasteiger partial charge in [-0.3, -0.25) is 19.9 Å². The Morgan fingerprint density at radius 3 is 3.13 bits per heavy atom. The van der Waals surface area contributed by atoms with Gasteiger partial charge in [0, 0.05) is 12.7 Å². The molecule has 0 aliphatic carbocycles. The molecule has 23 heavy (non-hydrogen) atoms. The van der Waals surface area contributed by atoms with Crippen LogP contribution in [0.5, 0.6) is 0 Å². The van der Waals surface area contributed by atoms with E-state index in [1.165, 1.54) is 12.4 Å². The molecule has 1 fully saturated rings. The number of anilines is 1. The highest BCUT2D eigenvalue weighted by Crippen LogP contribution is 2.32. The van der Waals surface area contributed by atoms with E-state index >= 15 is 0 Å². The third kappa shape index (κ3) is 3.15. The highest BCUT2D eigenvalue weighted by atomic mass is 16.6. The van der Waals surface area contributed by atoms with E-state index in [2.05, 4.69) is 10.3 Å². The molecule has 0 aromatic carbocycles. The molecular weight excluding hydrogens is 300 g/mol. The van der Waals surface area contributed by atoms with Crippen molar-refractivity contribution < 1.29 is 14.1 Å². The van der Waals surface area contributed by atoms with E-state index < -0.39 is 11.0 Å². The van der Waals surface area contributed by atoms with Crippen molar-refractivity contribution in [3.05, 3.63) is 52.7 Å². The first-order chi connectivity index (χ1) is 11.2. The number of hydrogen-bond donors (Lipinski definition) is 1. The molecule has 0 radical (unpaired) electrons. The van der Waals surface area contributed by atoms with E-state index in [0.29, 0.717) is 31.0 Å². The van der Waals surface area contributed by atoms with E-state index in [4.69, 9.17) is 4.42 Å². The Kier molecular flexibility index (Phi) is 4.22. The van der Waals surface area contributed by atoms with Gasteiger partial charge in [-0.1, -0.05) is 0 Å². The van der Waals surface area contributed by atoms with Gasteiger partial charge in [0.2, 0.25) is 5.91 Å². The molecule has 2 aromatic rings. The van der Waals surface area contributed by atoms with Crippen molar-refractivity contribution in [2.45, 2.75) is 25.4 Å². The van der Waals surface area contributed by atoms with Crippen LogP contribution in [-0.2, 0) is 11.3 Å². The number of carbonyl (C=O) groups is 1. The first-order valence-electron chi connectivity index (χ1n) is 7.32. The van der Waals surface area contributed by atoms with Crippen molar-refractivity contribution in [3.63, 3.8) is 0 Å². The summed E-state index contributed by atoms with van der Waals surface area (Å²) in [4.78, 5) is 28.7. The van der Waals surface area contributed by atoms with Crippen LogP contribution in [0.1, 0.15) is 18.6 Å². The molecule has 2 aromatic heterocycles. The zero-order chi connectivity index (χ0) is 16.2. The number of amides is 1. The fourth-order valence-corrected chi connectivity index (χ4v) is 2.80. The number of rotatable bonds is 5. The number of furan rings is 1. The maximum atomic E-state index is 12.4. The molecule has 3 heterocycles. The van der Waals surface area contributed by atoms with Crippen LogP contribution in [0.25, 0.3) is 0 Å². The van der Waals surface area contributed by atoms with Gasteiger partial charge in [-0.15, -0.1) is 0 Å². The molecule has 8 nitrogen and oxygen atoms in total. The van der Waals surface area contributed by atoms with Crippen molar-refractivity contribution >= 4 is 17.3 Å². The Morgan fingerprint density at radius 2 is 2.39 bits per heavy atom. The molecule has 1 saturated heterocycles. The molecular formula is C15H16N4O4. The summed E-state index contributed by atoms with van der Waals surface area (Å²) >= 11 is 0. The van der Waals surface area contributed by atoms with Gasteiger partial charge in [0.05, 0.1) is 17.7 Å². The number of nitro groups is 1. The maximum absolute atomic E-state index is 12.4. The second-order valence-electron chi connectivity index (χ2n) is 5.27. The average Bonchev–Trinajstić information content (AvgIpc) is 3.24. The first kappa shape index (κ1) is 15.0. The summed E-state index contributed by atoms with van der Waals surface area (Å²) in [5.41, 5.74) is 0.346. The topological polar surface area (TPSA) is 102 Å². The van der Waals surface area contributed by atoms with Crippen LogP contribution in [-0.4, -0.2) is 28.4 Å². The third-order valence-corrected chi connectivity index (χ3v) is 3.86. The van der Waals surface area contributed by atoms with Crippen LogP contribution in [0.3, 0.4) is 0 Å². The largest absolute Gasteiger partial charge is 0.467 e. The molecule has 1 N–H and O–H groups in total. The first-order valence-corrected chi connectivity index (χ1v) is 7.32. The van der Waals surface area contributed by atoms with E-state index in [9.17, 15) is 14.9 Å². The lowest BCUT2D eigenvalue weighted by Gasteiger charge is -2.25. The van der Waals surface area contributed by atoms with Crippen molar-refractivity contribution in [1.29, 1.82) is 0 Å². The highest BCUT2D eigenvalue weighted by molar-refractivity contribution is 5.86. The van der Waals surface area contributed by atoms with Gasteiger partial charge < -0.3 is 14.6 Å². The Hall–Kier alpha value is -2.90. The predicted molar refractivity (Wildman–Crippen MR) is 81.8 cm³/mol. The fraction of sp³-hybridized carbons (Fsp3) is 0.333. The summed E-state index contributed by atoms with van der Waals surface area (Å²) in [6.45, 7) is 0.901. The highest BCUT2D eigenvalue weighted by Gasteiger charge is 2.34. The van der Waals surface area contributed by atoms with E-state index in [1.54, 1.807) is 29.4 Å². The van der Waals surface area contributed by atoms with Crippen LogP contribution in [0.4, 0.5) is 11.4 Å². The molecule has 0 bridgehead atoms. The van der Waals surface area contributed by atoms with Gasteiger partial charge in [0.1, 0.15) is 23.7 Å². The minimum Gasteiger partial charge on any atom is -0.467 e. The molecule has 1 amide bonds. The van der Waals surface area contributed by atoms with E-state index in [1.807, 2.05) is 0 Å². The van der Waals surface area contributed by atoms with Gasteiger partial charge in [-0.05, 0) is 31.0 Å². The Balaban J connectivity index is 1.75. The molecule has 1 atom stereocenters. The summed E-state index contributed by atoms with van der Waals surface area (Å²) < 4.78 is 5.18. The molecule has 0 spiro atoms. The van der Waals surface area contributed by atoms with Gasteiger partial charge in [0.25, 0.3) is 0 Å². The predicted octanol–water partition coefficient (Wildman–Crippen LogP) is 1.87. The minimum atomic E-state index is -0.474. The number of nitrogens with zero attached hydrogens (tertiary/aromatic N) is 3. The molecule has 1 aliphatic heterocycles. The van der Waals surface area contributed by atoms with Gasteiger partial charge in [0.15, 0.2) is 0 Å². The lowest BCUT2D eigenvalue weighted by atomic mass is 10.2. The van der Waals surface area contributed by atoms with Crippen LogP contribution in [0.2, 0.25) is 0 Å². The molecule has 0 unspecified atom stereocenters. The molecule has 1 aliphatic rings. The standard InChI is InChI=1S/C15H16N4O4/c20-15(17-9-11-3-2-8-23-11)13-4-1-7-18(13)12-5-6-16-10-14(12)19(21)22/h2-3,5-6,8,10,13H,1,4,7,9H2,(H,17,20)/t13-/m1/s1. The van der Waals surface area contributed by atoms with E-state index in [-0.39, 0.29) is 11.6 Å². The molecule has 0 saturated carbocycles. The maximum Gasteiger partial charge on any atom is 0.310 e. The number of nitrogens with one attached hydrogen (secondary N) is 1. The summed E-state index contributed by atoms with van der Waals surface area (Å²) in [6, 6.07) is 4.69. The zero-order valence-corrected chi connectivity index (χ0v) is 12.3. The van der Waals surface area contributed by atoms with Crippen LogP contribution in [0, 0.1) is 10.1 Å². The number of pyridine rings is 1.